The Morgan fingerprint density at radius 3 is 2.33 bits per heavy atom. The van der Waals surface area contributed by atoms with Gasteiger partial charge in [0.25, 0.3) is 5.56 Å². The monoisotopic (exact) mass is 532 g/mol. The molecule has 0 bridgehead atoms. The van der Waals surface area contributed by atoms with Crippen LogP contribution >= 0.6 is 0 Å². The number of hydrogen-bond donors (Lipinski definition) is 0. The number of ether oxygens (including phenoxy) is 2. The van der Waals surface area contributed by atoms with Crippen LogP contribution in [-0.2, 0) is 11.8 Å². The van der Waals surface area contributed by atoms with Gasteiger partial charge >= 0.3 is 6.09 Å². The highest BCUT2D eigenvalue weighted by molar-refractivity contribution is 5.95. The molecule has 39 heavy (non-hydrogen) atoms. The van der Waals surface area contributed by atoms with E-state index in [9.17, 15) is 9.59 Å². The first kappa shape index (κ1) is 27.2. The number of hydrogen-bond acceptors (Lipinski definition) is 6. The third-order valence-electron chi connectivity index (χ3n) is 7.77. The predicted molar refractivity (Wildman–Crippen MR) is 153 cm³/mol. The SMILES string of the molecule is Cn1cc(-c2ccc(OC3CCN(CC4CCN(C(=O)OC(C)(C)C)CC4)CC3)cc2)c2ccncc2c1=O. The fraction of sp³-hybridized carbons (Fsp3) is 0.516. The zero-order chi connectivity index (χ0) is 27.6. The van der Waals surface area contributed by atoms with Gasteiger partial charge in [-0.25, -0.2) is 4.79 Å². The van der Waals surface area contributed by atoms with Crippen molar-refractivity contribution in [2.45, 2.75) is 58.2 Å². The summed E-state index contributed by atoms with van der Waals surface area (Å²) in [7, 11) is 1.77. The van der Waals surface area contributed by atoms with Gasteiger partial charge < -0.3 is 23.8 Å². The molecule has 0 atom stereocenters. The molecule has 8 nitrogen and oxygen atoms in total. The van der Waals surface area contributed by atoms with Crippen LogP contribution in [0, 0.1) is 5.92 Å². The Morgan fingerprint density at radius 2 is 1.67 bits per heavy atom. The maximum atomic E-state index is 12.5. The summed E-state index contributed by atoms with van der Waals surface area (Å²) in [4.78, 5) is 33.3. The van der Waals surface area contributed by atoms with Crippen LogP contribution in [0.2, 0.25) is 0 Å². The van der Waals surface area contributed by atoms with Gasteiger partial charge in [0, 0.05) is 63.9 Å². The van der Waals surface area contributed by atoms with E-state index in [1.54, 1.807) is 24.0 Å². The topological polar surface area (TPSA) is 76.9 Å². The van der Waals surface area contributed by atoms with Gasteiger partial charge in [-0.2, -0.15) is 0 Å². The minimum Gasteiger partial charge on any atom is -0.490 e. The number of likely N-dealkylation sites (tertiary alicyclic amines) is 2. The fourth-order valence-electron chi connectivity index (χ4n) is 5.65. The number of benzene rings is 1. The molecule has 208 valence electrons. The fourth-order valence-corrected chi connectivity index (χ4v) is 5.65. The molecular formula is C31H40N4O4. The summed E-state index contributed by atoms with van der Waals surface area (Å²) in [6.07, 6.45) is 9.36. The van der Waals surface area contributed by atoms with Crippen LogP contribution in [-0.4, -0.2) is 69.9 Å². The van der Waals surface area contributed by atoms with Crippen LogP contribution < -0.4 is 10.3 Å². The number of aryl methyl sites for hydroxylation is 1. The third kappa shape index (κ3) is 6.61. The van der Waals surface area contributed by atoms with Crippen LogP contribution in [0.25, 0.3) is 21.9 Å². The number of piperidine rings is 2. The van der Waals surface area contributed by atoms with Crippen LogP contribution in [0.3, 0.4) is 0 Å². The largest absolute Gasteiger partial charge is 0.490 e. The maximum absolute atomic E-state index is 12.5. The first-order valence-electron chi connectivity index (χ1n) is 14.1. The van der Waals surface area contributed by atoms with Crippen LogP contribution in [0.4, 0.5) is 4.79 Å². The number of rotatable bonds is 5. The number of fused-ring (bicyclic) bond motifs is 1. The van der Waals surface area contributed by atoms with E-state index in [0.29, 0.717) is 11.3 Å². The lowest BCUT2D eigenvalue weighted by atomic mass is 9.95. The molecule has 5 rings (SSSR count). The van der Waals surface area contributed by atoms with E-state index in [0.717, 1.165) is 80.7 Å². The second kappa shape index (κ2) is 11.4. The van der Waals surface area contributed by atoms with Crippen molar-refractivity contribution in [3.05, 3.63) is 59.3 Å². The average molecular weight is 533 g/mol. The van der Waals surface area contributed by atoms with Crippen molar-refractivity contribution in [1.82, 2.24) is 19.4 Å². The van der Waals surface area contributed by atoms with Gasteiger partial charge in [0.2, 0.25) is 0 Å². The lowest BCUT2D eigenvalue weighted by Gasteiger charge is -2.38. The zero-order valence-corrected chi connectivity index (χ0v) is 23.6. The molecule has 0 radical (unpaired) electrons. The summed E-state index contributed by atoms with van der Waals surface area (Å²) in [6, 6.07) is 10.1. The molecule has 1 amide bonds. The Labute approximate surface area is 230 Å². The normalized spacial score (nSPS) is 17.9. The first-order chi connectivity index (χ1) is 18.7. The average Bonchev–Trinajstić information content (AvgIpc) is 2.92. The summed E-state index contributed by atoms with van der Waals surface area (Å²) in [5.74, 6) is 1.50. The van der Waals surface area contributed by atoms with Crippen molar-refractivity contribution in [1.29, 1.82) is 0 Å². The highest BCUT2D eigenvalue weighted by Gasteiger charge is 2.29. The molecule has 0 aliphatic carbocycles. The Kier molecular flexibility index (Phi) is 7.93. The molecule has 0 N–H and O–H groups in total. The summed E-state index contributed by atoms with van der Waals surface area (Å²) in [5, 5.41) is 1.53. The van der Waals surface area contributed by atoms with E-state index in [-0.39, 0.29) is 17.8 Å². The van der Waals surface area contributed by atoms with Crippen molar-refractivity contribution < 1.29 is 14.3 Å². The Hall–Kier alpha value is -3.39. The van der Waals surface area contributed by atoms with E-state index in [1.807, 2.05) is 50.1 Å². The molecule has 2 aliphatic rings. The van der Waals surface area contributed by atoms with Crippen molar-refractivity contribution in [2.24, 2.45) is 13.0 Å². The number of carbonyl (C=O) groups excluding carboxylic acids is 1. The van der Waals surface area contributed by atoms with Crippen molar-refractivity contribution >= 4 is 16.9 Å². The van der Waals surface area contributed by atoms with Crippen molar-refractivity contribution in [3.8, 4) is 16.9 Å². The second-order valence-electron chi connectivity index (χ2n) is 11.9. The third-order valence-corrected chi connectivity index (χ3v) is 7.77. The van der Waals surface area contributed by atoms with Gasteiger partial charge in [0.1, 0.15) is 17.5 Å². The van der Waals surface area contributed by atoms with E-state index in [4.69, 9.17) is 9.47 Å². The van der Waals surface area contributed by atoms with Gasteiger partial charge in [-0.3, -0.25) is 9.78 Å². The van der Waals surface area contributed by atoms with Gasteiger partial charge in [0.15, 0.2) is 0 Å². The van der Waals surface area contributed by atoms with E-state index < -0.39 is 5.60 Å². The van der Waals surface area contributed by atoms with Gasteiger partial charge in [-0.05, 0) is 81.5 Å². The number of pyridine rings is 2. The number of nitrogens with zero attached hydrogens (tertiary/aromatic N) is 4. The predicted octanol–water partition coefficient (Wildman–Crippen LogP) is 5.09. The van der Waals surface area contributed by atoms with E-state index in [1.165, 1.54) is 0 Å². The summed E-state index contributed by atoms with van der Waals surface area (Å²) < 4.78 is 13.5. The van der Waals surface area contributed by atoms with Gasteiger partial charge in [-0.1, -0.05) is 12.1 Å². The number of amides is 1. The van der Waals surface area contributed by atoms with E-state index in [2.05, 4.69) is 22.0 Å². The molecule has 3 aromatic rings. The van der Waals surface area contributed by atoms with Crippen LogP contribution in [0.15, 0.2) is 53.7 Å². The molecule has 4 heterocycles. The Bertz CT molecular complexity index is 1350. The lowest BCUT2D eigenvalue weighted by molar-refractivity contribution is 0.0156. The molecule has 0 saturated carbocycles. The molecule has 8 heteroatoms. The van der Waals surface area contributed by atoms with E-state index >= 15 is 0 Å². The van der Waals surface area contributed by atoms with Crippen molar-refractivity contribution in [3.63, 3.8) is 0 Å². The zero-order valence-electron chi connectivity index (χ0n) is 23.6. The first-order valence-corrected chi connectivity index (χ1v) is 14.1. The van der Waals surface area contributed by atoms with Crippen molar-refractivity contribution in [2.75, 3.05) is 32.7 Å². The Balaban J connectivity index is 1.10. The van der Waals surface area contributed by atoms with Crippen LogP contribution in [0.5, 0.6) is 5.75 Å². The lowest BCUT2D eigenvalue weighted by Crippen LogP contribution is -2.45. The number of carbonyl (C=O) groups is 1. The number of aromatic nitrogens is 2. The highest BCUT2D eigenvalue weighted by atomic mass is 16.6. The summed E-state index contributed by atoms with van der Waals surface area (Å²) >= 11 is 0. The van der Waals surface area contributed by atoms with Gasteiger partial charge in [0.05, 0.1) is 5.39 Å². The highest BCUT2D eigenvalue weighted by Crippen LogP contribution is 2.29. The Morgan fingerprint density at radius 1 is 0.974 bits per heavy atom. The summed E-state index contributed by atoms with van der Waals surface area (Å²) in [6.45, 7) is 10.5. The standard InChI is InChI=1S/C31H40N4O4/c1-31(2,3)39-30(37)35-17-10-22(11-18-35)20-34-15-12-25(13-16-34)38-24-7-5-23(6-8-24)28-21-33(4)29(36)27-19-32-14-9-26(27)28/h5-9,14,19,21-22,25H,10-13,15-18,20H2,1-4H3. The van der Waals surface area contributed by atoms with Gasteiger partial charge in [-0.15, -0.1) is 0 Å². The quantitative estimate of drug-likeness (QED) is 0.456. The molecule has 0 unspecified atom stereocenters. The molecular weight excluding hydrogens is 492 g/mol. The minimum atomic E-state index is -0.446. The molecule has 2 saturated heterocycles. The molecule has 2 aromatic heterocycles. The second-order valence-corrected chi connectivity index (χ2v) is 11.9. The molecule has 2 aliphatic heterocycles. The molecule has 2 fully saturated rings. The molecule has 0 spiro atoms. The smallest absolute Gasteiger partial charge is 0.410 e. The maximum Gasteiger partial charge on any atom is 0.410 e. The molecule has 1 aromatic carbocycles. The van der Waals surface area contributed by atoms with Crippen LogP contribution in [0.1, 0.15) is 46.5 Å². The minimum absolute atomic E-state index is 0.0422. The summed E-state index contributed by atoms with van der Waals surface area (Å²) in [5.41, 5.74) is 1.56.